The molecule has 0 aliphatic rings. The lowest BCUT2D eigenvalue weighted by molar-refractivity contribution is 0.700. The molecule has 0 saturated heterocycles. The highest BCUT2D eigenvalue weighted by atomic mass is 32.1. The Balaban J connectivity index is 1.89. The van der Waals surface area contributed by atoms with Crippen LogP contribution in [0.1, 0.15) is 30.6 Å². The molecule has 2 aromatic heterocycles. The van der Waals surface area contributed by atoms with Crippen LogP contribution in [0.3, 0.4) is 0 Å². The van der Waals surface area contributed by atoms with Crippen molar-refractivity contribution >= 4 is 22.7 Å². The Morgan fingerprint density at radius 3 is 2.24 bits per heavy atom. The van der Waals surface area contributed by atoms with E-state index in [0.717, 1.165) is 13.1 Å². The fraction of sp³-hybridized carbons (Fsp3) is 0.429. The highest BCUT2D eigenvalue weighted by Gasteiger charge is 2.04. The van der Waals surface area contributed by atoms with E-state index >= 15 is 0 Å². The number of hydrogen-bond acceptors (Lipinski definition) is 3. The zero-order valence-electron chi connectivity index (χ0n) is 10.9. The summed E-state index contributed by atoms with van der Waals surface area (Å²) in [6.07, 6.45) is 0. The van der Waals surface area contributed by atoms with E-state index in [1.165, 1.54) is 30.6 Å². The van der Waals surface area contributed by atoms with Gasteiger partial charge in [0.15, 0.2) is 0 Å². The molecule has 0 aliphatic carbocycles. The van der Waals surface area contributed by atoms with E-state index in [4.69, 9.17) is 0 Å². The van der Waals surface area contributed by atoms with Crippen molar-refractivity contribution in [1.29, 1.82) is 0 Å². The summed E-state index contributed by atoms with van der Waals surface area (Å²) in [5.41, 5.74) is 2.85. The molecule has 1 nitrogen and oxygen atoms in total. The summed E-state index contributed by atoms with van der Waals surface area (Å²) < 4.78 is 0. The monoisotopic (exact) mass is 265 g/mol. The molecular weight excluding hydrogens is 246 g/mol. The Labute approximate surface area is 112 Å². The smallest absolute Gasteiger partial charge is 0.0303 e. The van der Waals surface area contributed by atoms with E-state index in [9.17, 15) is 0 Å². The first kappa shape index (κ1) is 12.8. The maximum atomic E-state index is 3.53. The average molecular weight is 265 g/mol. The summed E-state index contributed by atoms with van der Waals surface area (Å²) in [6.45, 7) is 10.7. The van der Waals surface area contributed by atoms with Crippen molar-refractivity contribution in [2.45, 2.75) is 40.8 Å². The predicted octanol–water partition coefficient (Wildman–Crippen LogP) is 4.33. The summed E-state index contributed by atoms with van der Waals surface area (Å²) in [4.78, 5) is 5.71. The Morgan fingerprint density at radius 1 is 0.941 bits per heavy atom. The first-order valence-corrected chi connectivity index (χ1v) is 7.52. The molecule has 0 saturated carbocycles. The van der Waals surface area contributed by atoms with E-state index in [0.29, 0.717) is 0 Å². The van der Waals surface area contributed by atoms with Gasteiger partial charge < -0.3 is 5.32 Å². The topological polar surface area (TPSA) is 12.0 Å². The molecule has 0 atom stereocenters. The normalized spacial score (nSPS) is 11.1. The number of rotatable bonds is 4. The minimum absolute atomic E-state index is 0.978. The van der Waals surface area contributed by atoms with E-state index in [-0.39, 0.29) is 0 Å². The number of aryl methyl sites for hydroxylation is 4. The van der Waals surface area contributed by atoms with Gasteiger partial charge in [0.25, 0.3) is 0 Å². The molecule has 17 heavy (non-hydrogen) atoms. The van der Waals surface area contributed by atoms with E-state index in [2.05, 4.69) is 45.1 Å². The Kier molecular flexibility index (Phi) is 4.02. The molecule has 0 unspecified atom stereocenters. The van der Waals surface area contributed by atoms with E-state index in [1.54, 1.807) is 0 Å². The lowest BCUT2D eigenvalue weighted by Gasteiger charge is -2.02. The van der Waals surface area contributed by atoms with Crippen molar-refractivity contribution < 1.29 is 0 Å². The first-order chi connectivity index (χ1) is 8.06. The largest absolute Gasteiger partial charge is 0.308 e. The van der Waals surface area contributed by atoms with Crippen molar-refractivity contribution in [3.63, 3.8) is 0 Å². The molecule has 0 fully saturated rings. The van der Waals surface area contributed by atoms with Crippen LogP contribution in [0.15, 0.2) is 12.1 Å². The molecule has 0 aliphatic heterocycles. The quantitative estimate of drug-likeness (QED) is 0.867. The Bertz CT molecular complexity index is 489. The molecule has 0 aromatic carbocycles. The third-order valence-electron chi connectivity index (χ3n) is 2.98. The number of thiophene rings is 2. The standard InChI is InChI=1S/C14H19NS2/c1-9-5-14(17-11(9)3)8-15-7-13-6-10(2)16-12(13)4/h5-6,15H,7-8H2,1-4H3. The lowest BCUT2D eigenvalue weighted by Crippen LogP contribution is -2.11. The highest BCUT2D eigenvalue weighted by Crippen LogP contribution is 2.22. The molecule has 2 heterocycles. The van der Waals surface area contributed by atoms with Crippen LogP contribution in [-0.2, 0) is 13.1 Å². The Morgan fingerprint density at radius 2 is 1.71 bits per heavy atom. The van der Waals surface area contributed by atoms with Crippen molar-refractivity contribution in [2.24, 2.45) is 0 Å². The maximum absolute atomic E-state index is 3.53. The molecule has 1 N–H and O–H groups in total. The van der Waals surface area contributed by atoms with Crippen molar-refractivity contribution in [2.75, 3.05) is 0 Å². The van der Waals surface area contributed by atoms with Gasteiger partial charge in [-0.1, -0.05) is 0 Å². The summed E-state index contributed by atoms with van der Waals surface area (Å²) in [5, 5.41) is 3.53. The maximum Gasteiger partial charge on any atom is 0.0303 e. The predicted molar refractivity (Wildman–Crippen MR) is 78.1 cm³/mol. The third kappa shape index (κ3) is 3.18. The molecule has 0 amide bonds. The summed E-state index contributed by atoms with van der Waals surface area (Å²) >= 11 is 3.78. The van der Waals surface area contributed by atoms with Gasteiger partial charge in [0.05, 0.1) is 0 Å². The van der Waals surface area contributed by atoms with E-state index < -0.39 is 0 Å². The number of hydrogen-bond donors (Lipinski definition) is 1. The van der Waals surface area contributed by atoms with Gasteiger partial charge in [-0.2, -0.15) is 0 Å². The van der Waals surface area contributed by atoms with Gasteiger partial charge in [0, 0.05) is 32.6 Å². The van der Waals surface area contributed by atoms with Gasteiger partial charge in [-0.3, -0.25) is 0 Å². The third-order valence-corrected chi connectivity index (χ3v) is 5.14. The van der Waals surface area contributed by atoms with Crippen LogP contribution >= 0.6 is 22.7 Å². The zero-order chi connectivity index (χ0) is 12.4. The average Bonchev–Trinajstić information content (AvgIpc) is 2.72. The molecular formula is C14H19NS2. The zero-order valence-corrected chi connectivity index (χ0v) is 12.5. The van der Waals surface area contributed by atoms with Gasteiger partial charge in [-0.15, -0.1) is 22.7 Å². The summed E-state index contributed by atoms with van der Waals surface area (Å²) in [7, 11) is 0. The van der Waals surface area contributed by atoms with Crippen LogP contribution in [0.4, 0.5) is 0 Å². The fourth-order valence-electron chi connectivity index (χ4n) is 1.92. The molecule has 0 spiro atoms. The Hall–Kier alpha value is -0.640. The van der Waals surface area contributed by atoms with Gasteiger partial charge in [0.1, 0.15) is 0 Å². The van der Waals surface area contributed by atoms with Crippen LogP contribution in [0, 0.1) is 27.7 Å². The summed E-state index contributed by atoms with van der Waals surface area (Å²) in [6, 6.07) is 4.58. The molecule has 2 aromatic rings. The second-order valence-corrected chi connectivity index (χ2v) is 7.30. The highest BCUT2D eigenvalue weighted by molar-refractivity contribution is 7.12. The fourth-order valence-corrected chi connectivity index (χ4v) is 3.89. The lowest BCUT2D eigenvalue weighted by atomic mass is 10.2. The molecule has 0 bridgehead atoms. The van der Waals surface area contributed by atoms with Crippen LogP contribution in [0.25, 0.3) is 0 Å². The summed E-state index contributed by atoms with van der Waals surface area (Å²) in [5.74, 6) is 0. The van der Waals surface area contributed by atoms with Gasteiger partial charge in [0.2, 0.25) is 0 Å². The van der Waals surface area contributed by atoms with Crippen molar-refractivity contribution in [3.8, 4) is 0 Å². The van der Waals surface area contributed by atoms with Crippen molar-refractivity contribution in [3.05, 3.63) is 42.8 Å². The number of nitrogens with one attached hydrogen (secondary N) is 1. The minimum Gasteiger partial charge on any atom is -0.308 e. The van der Waals surface area contributed by atoms with Crippen LogP contribution in [0.5, 0.6) is 0 Å². The first-order valence-electron chi connectivity index (χ1n) is 5.89. The molecule has 92 valence electrons. The second kappa shape index (κ2) is 5.34. The molecule has 0 radical (unpaired) electrons. The van der Waals surface area contributed by atoms with Crippen LogP contribution in [0.2, 0.25) is 0 Å². The van der Waals surface area contributed by atoms with E-state index in [1.807, 2.05) is 22.7 Å². The molecule has 2 rings (SSSR count). The van der Waals surface area contributed by atoms with Gasteiger partial charge in [-0.05, 0) is 51.0 Å². The second-order valence-electron chi connectivity index (χ2n) is 4.49. The van der Waals surface area contributed by atoms with Gasteiger partial charge >= 0.3 is 0 Å². The molecule has 3 heteroatoms. The van der Waals surface area contributed by atoms with Gasteiger partial charge in [-0.25, -0.2) is 0 Å². The SMILES string of the molecule is Cc1cc(CNCc2cc(C)c(C)s2)c(C)s1. The minimum atomic E-state index is 0.978. The van der Waals surface area contributed by atoms with Crippen molar-refractivity contribution in [1.82, 2.24) is 5.32 Å². The van der Waals surface area contributed by atoms with Crippen LogP contribution < -0.4 is 5.32 Å². The van der Waals surface area contributed by atoms with Crippen LogP contribution in [-0.4, -0.2) is 0 Å².